The number of urea groups is 1. The molecule has 0 saturated heterocycles. The van der Waals surface area contributed by atoms with E-state index < -0.39 is 24.3 Å². The minimum atomic E-state index is -4.89. The van der Waals surface area contributed by atoms with Crippen LogP contribution in [0, 0.1) is 0 Å². The number of phosphoric acid groups is 1. The maximum Gasteiger partial charge on any atom is 1.00 e. The fourth-order valence-electron chi connectivity index (χ4n) is 0. The van der Waals surface area contributed by atoms with E-state index in [-0.39, 0.29) is 63.7 Å². The second-order valence-corrected chi connectivity index (χ2v) is 3.22. The van der Waals surface area contributed by atoms with Crippen LogP contribution >= 0.6 is 7.82 Å². The Bertz CT molecular complexity index is 278. The number of hydrogen-bond acceptors (Lipinski definition) is 7. The summed E-state index contributed by atoms with van der Waals surface area (Å²) < 4.78 is 40.4. The molecule has 0 rings (SSSR count). The van der Waals surface area contributed by atoms with Gasteiger partial charge in [0, 0.05) is 0 Å². The second kappa shape index (κ2) is 16.8. The smallest absolute Gasteiger partial charge is 0.756 e. The van der Waals surface area contributed by atoms with Crippen molar-refractivity contribution < 1.29 is 92.9 Å². The summed E-state index contributed by atoms with van der Waals surface area (Å²) in [6, 6.07) is -0.833. The van der Waals surface area contributed by atoms with Crippen LogP contribution in [0.1, 0.15) is 0 Å². The Kier molecular flexibility index (Phi) is 35.7. The zero-order valence-electron chi connectivity index (χ0n) is 8.75. The summed E-state index contributed by atoms with van der Waals surface area (Å²) in [7, 11) is -9.56. The van der Waals surface area contributed by atoms with E-state index in [4.69, 9.17) is 41.6 Å². The molecule has 0 bridgehead atoms. The number of carbonyl (C=O) groups excluding carboxylic acids is 1. The Morgan fingerprint density at radius 2 is 1.12 bits per heavy atom. The summed E-state index contributed by atoms with van der Waals surface area (Å²) in [5.41, 5.74) is 8.50. The molecule has 0 aromatic carbocycles. The first-order valence-corrected chi connectivity index (χ1v) is 5.17. The second-order valence-electron chi connectivity index (χ2n) is 1.34. The molecule has 17 heavy (non-hydrogen) atoms. The molecule has 0 aliphatic rings. The van der Waals surface area contributed by atoms with Crippen LogP contribution in [0.15, 0.2) is 0 Å². The van der Waals surface area contributed by atoms with Crippen LogP contribution in [0.2, 0.25) is 0 Å². The molecule has 0 unspecified atom stereocenters. The van der Waals surface area contributed by atoms with Crippen molar-refractivity contribution in [2.24, 2.45) is 11.5 Å². The summed E-state index contributed by atoms with van der Waals surface area (Å²) >= 11 is 0. The van der Waals surface area contributed by atoms with Crippen LogP contribution in [0.3, 0.4) is 0 Å². The molecule has 0 saturated carbocycles. The number of nitrogens with two attached hydrogens (primary N) is 2. The number of carbonyl (C=O) groups is 1. The summed E-state index contributed by atoms with van der Waals surface area (Å²) in [4.78, 5) is 31.9. The van der Waals surface area contributed by atoms with Gasteiger partial charge in [-0.1, -0.05) is 0 Å². The van der Waals surface area contributed by atoms with Crippen molar-refractivity contribution in [3.05, 3.63) is 0 Å². The molecule has 0 spiro atoms. The number of amides is 2. The molecule has 13 nitrogen and oxygen atoms in total. The summed E-state index contributed by atoms with van der Waals surface area (Å²) in [5.74, 6) is 0. The summed E-state index contributed by atoms with van der Waals surface area (Å²) in [6.45, 7) is 0. The first-order chi connectivity index (χ1) is 5.73. The van der Waals surface area contributed by atoms with Gasteiger partial charge < -0.3 is 38.4 Å². The van der Waals surface area contributed by atoms with Crippen LogP contribution in [-0.4, -0.2) is 33.3 Å². The fraction of sp³-hybridized carbons (Fsp3) is 0. The molecular weight excluding hydrogens is 314 g/mol. The third-order valence-corrected chi connectivity index (χ3v) is 0. The third-order valence-electron chi connectivity index (χ3n) is 0. The van der Waals surface area contributed by atoms with Crippen LogP contribution < -0.4 is 80.0 Å². The summed E-state index contributed by atoms with van der Waals surface area (Å²) in [6.07, 6.45) is 0. The molecule has 0 aromatic rings. The van der Waals surface area contributed by atoms with Crippen LogP contribution in [0.5, 0.6) is 0 Å². The number of primary amides is 2. The Hall–Kier alpha value is 0.806. The van der Waals surface area contributed by atoms with Crippen molar-refractivity contribution in [1.29, 1.82) is 0 Å². The van der Waals surface area contributed by atoms with Gasteiger partial charge in [0.1, 0.15) is 0 Å². The Morgan fingerprint density at radius 1 is 1.12 bits per heavy atom. The summed E-state index contributed by atoms with van der Waals surface area (Å²) in [5, 5.41) is 0. The predicted molar refractivity (Wildman–Crippen MR) is 50.0 cm³/mol. The molecule has 0 fully saturated rings. The topological polar surface area (TPSA) is 294 Å². The van der Waals surface area contributed by atoms with Crippen molar-refractivity contribution in [2.45, 2.75) is 0 Å². The molecule has 2 amide bonds. The van der Waals surface area contributed by atoms with Crippen LogP contribution in [-0.2, 0) is 15.0 Å². The average molecular weight is 328 g/mol. The Labute approximate surface area is 139 Å². The van der Waals surface area contributed by atoms with Gasteiger partial charge in [-0.3, -0.25) is 13.7 Å². The SMILES string of the molecule is N.N.NC(N)=O.O=P([O-])(O)O.O=S(=O)(O)O.[K+]. The van der Waals surface area contributed by atoms with Gasteiger partial charge in [0.05, 0.1) is 0 Å². The van der Waals surface area contributed by atoms with E-state index >= 15 is 0 Å². The first kappa shape index (κ1) is 36.1. The molecule has 0 aromatic heterocycles. The molecule has 0 radical (unpaired) electrons. The van der Waals surface area contributed by atoms with Gasteiger partial charge in [-0.05, 0) is 0 Å². The third kappa shape index (κ3) is 5670. The van der Waals surface area contributed by atoms with E-state index in [1.165, 1.54) is 0 Å². The van der Waals surface area contributed by atoms with Crippen LogP contribution in [0.4, 0.5) is 4.79 Å². The van der Waals surface area contributed by atoms with Gasteiger partial charge >= 0.3 is 67.8 Å². The molecule has 14 N–H and O–H groups in total. The van der Waals surface area contributed by atoms with E-state index in [9.17, 15) is 0 Å². The van der Waals surface area contributed by atoms with Crippen molar-refractivity contribution in [2.75, 3.05) is 0 Å². The van der Waals surface area contributed by atoms with Gasteiger partial charge in [-0.15, -0.1) is 0 Å². The van der Waals surface area contributed by atoms with Gasteiger partial charge in [0.2, 0.25) is 0 Å². The number of hydrogen-bond donors (Lipinski definition) is 8. The molecule has 0 atom stereocenters. The zero-order valence-corrected chi connectivity index (χ0v) is 13.6. The zero-order chi connectivity index (χ0) is 12.6. The maximum absolute atomic E-state index is 9.00. The van der Waals surface area contributed by atoms with E-state index in [2.05, 4.69) is 11.5 Å². The first-order valence-electron chi connectivity index (χ1n) is 2.25. The Balaban J connectivity index is -0.0000000247. The van der Waals surface area contributed by atoms with Crippen molar-refractivity contribution in [3.8, 4) is 0 Å². The quantitative estimate of drug-likeness (QED) is 0.117. The van der Waals surface area contributed by atoms with Gasteiger partial charge in [-0.2, -0.15) is 8.42 Å². The molecule has 0 aliphatic carbocycles. The normalized spacial score (nSPS) is 8.29. The average Bonchev–Trinajstić information content (AvgIpc) is 1.45. The van der Waals surface area contributed by atoms with Crippen molar-refractivity contribution in [1.82, 2.24) is 12.3 Å². The number of rotatable bonds is 0. The van der Waals surface area contributed by atoms with Crippen molar-refractivity contribution >= 4 is 24.3 Å². The van der Waals surface area contributed by atoms with E-state index in [0.29, 0.717) is 0 Å². The molecule has 16 heteroatoms. The fourth-order valence-corrected chi connectivity index (χ4v) is 0. The minimum absolute atomic E-state index is 0. The van der Waals surface area contributed by atoms with Crippen molar-refractivity contribution in [3.63, 3.8) is 0 Å². The van der Waals surface area contributed by atoms with Gasteiger partial charge in [-0.25, -0.2) is 4.79 Å². The van der Waals surface area contributed by atoms with E-state index in [0.717, 1.165) is 0 Å². The molecule has 104 valence electrons. The van der Waals surface area contributed by atoms with Gasteiger partial charge in [0.25, 0.3) is 7.82 Å². The Morgan fingerprint density at radius 3 is 1.12 bits per heavy atom. The monoisotopic (exact) mass is 328 g/mol. The largest absolute Gasteiger partial charge is 1.00 e. The maximum atomic E-state index is 9.00. The minimum Gasteiger partial charge on any atom is -0.756 e. The van der Waals surface area contributed by atoms with E-state index in [1.54, 1.807) is 0 Å². The van der Waals surface area contributed by atoms with Crippen LogP contribution in [0.25, 0.3) is 0 Å². The molecule has 0 heterocycles. The predicted octanol–water partition coefficient (Wildman–Crippen LogP) is -5.86. The van der Waals surface area contributed by atoms with Gasteiger partial charge in [0.15, 0.2) is 0 Å². The van der Waals surface area contributed by atoms with E-state index in [1.807, 2.05) is 0 Å². The molecular formula is CH14KN4O9PS. The standard InChI is InChI=1S/CH4N2O.K.2H3N.H3O4P.H2O4S/c2-1(3)4;;;;2*1-5(2,3)4/h(H4,2,3,4);;2*1H3;(H3,1,2,3,4);(H2,1,2,3,4)/q;+1;;;;/p-1. The molecule has 0 aliphatic heterocycles.